The van der Waals surface area contributed by atoms with E-state index in [4.69, 9.17) is 4.74 Å². The van der Waals surface area contributed by atoms with Crippen LogP contribution in [0.2, 0.25) is 0 Å². The van der Waals surface area contributed by atoms with Crippen molar-refractivity contribution in [2.24, 2.45) is 5.92 Å². The molecule has 0 spiro atoms. The largest absolute Gasteiger partial charge is 0.444 e. The number of likely N-dealkylation sites (tertiary alicyclic amines) is 1. The summed E-state index contributed by atoms with van der Waals surface area (Å²) in [5.41, 5.74) is -0.401. The predicted molar refractivity (Wildman–Crippen MR) is 62.3 cm³/mol. The molecule has 2 aliphatic rings. The standard InChI is InChI=1S/C12H22N2O2/c1-8-9-5-6-13-10(9)7-14(8)11(15)16-12(2,3)4/h8-10,13H,5-7H2,1-4H3/t8-,9-,10+/m0/s1. The van der Waals surface area contributed by atoms with Crippen molar-refractivity contribution in [2.75, 3.05) is 13.1 Å². The Hall–Kier alpha value is -0.770. The SMILES string of the molecule is C[C@H]1[C@@H]2CCN[C@@H]2CN1C(=O)OC(C)(C)C. The summed E-state index contributed by atoms with van der Waals surface area (Å²) in [7, 11) is 0. The molecule has 0 aromatic heterocycles. The second-order valence-corrected chi connectivity index (χ2v) is 5.89. The summed E-state index contributed by atoms with van der Waals surface area (Å²) < 4.78 is 5.42. The number of fused-ring (bicyclic) bond motifs is 1. The molecule has 4 heteroatoms. The van der Waals surface area contributed by atoms with Crippen LogP contribution in [0.5, 0.6) is 0 Å². The van der Waals surface area contributed by atoms with Gasteiger partial charge in [-0.1, -0.05) is 0 Å². The van der Waals surface area contributed by atoms with Crippen LogP contribution in [-0.2, 0) is 4.74 Å². The van der Waals surface area contributed by atoms with Crippen LogP contribution in [-0.4, -0.2) is 41.8 Å². The van der Waals surface area contributed by atoms with Crippen molar-refractivity contribution in [3.05, 3.63) is 0 Å². The lowest BCUT2D eigenvalue weighted by molar-refractivity contribution is 0.0218. The number of rotatable bonds is 0. The van der Waals surface area contributed by atoms with E-state index in [0.29, 0.717) is 18.0 Å². The Morgan fingerprint density at radius 2 is 2.12 bits per heavy atom. The molecule has 1 N–H and O–H groups in total. The van der Waals surface area contributed by atoms with Gasteiger partial charge in [0, 0.05) is 18.6 Å². The van der Waals surface area contributed by atoms with Gasteiger partial charge in [0.2, 0.25) is 0 Å². The van der Waals surface area contributed by atoms with Gasteiger partial charge < -0.3 is 15.0 Å². The van der Waals surface area contributed by atoms with Crippen LogP contribution in [0.1, 0.15) is 34.1 Å². The maximum Gasteiger partial charge on any atom is 0.410 e. The first-order valence-corrected chi connectivity index (χ1v) is 6.11. The van der Waals surface area contributed by atoms with Gasteiger partial charge in [0.25, 0.3) is 0 Å². The molecule has 0 aliphatic carbocycles. The van der Waals surface area contributed by atoms with Crippen LogP contribution >= 0.6 is 0 Å². The van der Waals surface area contributed by atoms with Gasteiger partial charge >= 0.3 is 6.09 Å². The van der Waals surface area contributed by atoms with Crippen molar-refractivity contribution in [2.45, 2.75) is 51.8 Å². The minimum Gasteiger partial charge on any atom is -0.444 e. The highest BCUT2D eigenvalue weighted by molar-refractivity contribution is 5.69. The summed E-state index contributed by atoms with van der Waals surface area (Å²) in [6.45, 7) is 9.73. The summed E-state index contributed by atoms with van der Waals surface area (Å²) in [4.78, 5) is 13.8. The molecule has 0 aromatic rings. The molecule has 2 rings (SSSR count). The lowest BCUT2D eigenvalue weighted by atomic mass is 9.98. The van der Waals surface area contributed by atoms with E-state index in [0.717, 1.165) is 13.1 Å². The van der Waals surface area contributed by atoms with Gasteiger partial charge in [-0.3, -0.25) is 0 Å². The number of carbonyl (C=O) groups excluding carboxylic acids is 1. The maximum absolute atomic E-state index is 12.0. The van der Waals surface area contributed by atoms with Gasteiger partial charge in [0.1, 0.15) is 5.60 Å². The first-order chi connectivity index (χ1) is 7.38. The molecule has 0 saturated carbocycles. The van der Waals surface area contributed by atoms with Crippen LogP contribution < -0.4 is 5.32 Å². The third-order valence-corrected chi connectivity index (χ3v) is 3.53. The number of hydrogen-bond acceptors (Lipinski definition) is 3. The van der Waals surface area contributed by atoms with Crippen molar-refractivity contribution in [3.63, 3.8) is 0 Å². The Morgan fingerprint density at radius 3 is 2.69 bits per heavy atom. The Kier molecular flexibility index (Phi) is 2.86. The molecule has 3 atom stereocenters. The number of amides is 1. The minimum absolute atomic E-state index is 0.170. The normalized spacial score (nSPS) is 34.0. The summed E-state index contributed by atoms with van der Waals surface area (Å²) in [6.07, 6.45) is 1.00. The van der Waals surface area contributed by atoms with Crippen molar-refractivity contribution in [3.8, 4) is 0 Å². The van der Waals surface area contributed by atoms with Gasteiger partial charge in [0.05, 0.1) is 0 Å². The minimum atomic E-state index is -0.401. The highest BCUT2D eigenvalue weighted by Crippen LogP contribution is 2.31. The fourth-order valence-corrected chi connectivity index (χ4v) is 2.74. The van der Waals surface area contributed by atoms with Crippen molar-refractivity contribution >= 4 is 6.09 Å². The summed E-state index contributed by atoms with van der Waals surface area (Å²) in [6, 6.07) is 0.775. The van der Waals surface area contributed by atoms with Gasteiger partial charge in [-0.15, -0.1) is 0 Å². The van der Waals surface area contributed by atoms with Gasteiger partial charge in [-0.2, -0.15) is 0 Å². The molecule has 0 bridgehead atoms. The van der Waals surface area contributed by atoms with Crippen LogP contribution in [0.15, 0.2) is 0 Å². The molecule has 16 heavy (non-hydrogen) atoms. The molecule has 0 aromatic carbocycles. The predicted octanol–water partition coefficient (Wildman–Crippen LogP) is 1.60. The fraction of sp³-hybridized carbons (Fsp3) is 0.917. The van der Waals surface area contributed by atoms with Crippen molar-refractivity contribution in [1.82, 2.24) is 10.2 Å². The Labute approximate surface area is 97.3 Å². The summed E-state index contributed by atoms with van der Waals surface area (Å²) >= 11 is 0. The van der Waals surface area contributed by atoms with E-state index in [2.05, 4.69) is 12.2 Å². The summed E-state index contributed by atoms with van der Waals surface area (Å²) in [5, 5.41) is 3.45. The second-order valence-electron chi connectivity index (χ2n) is 5.89. The number of hydrogen-bond donors (Lipinski definition) is 1. The number of nitrogens with one attached hydrogen (secondary N) is 1. The molecule has 0 radical (unpaired) electrons. The van der Waals surface area contributed by atoms with E-state index in [1.165, 1.54) is 6.42 Å². The molecule has 0 unspecified atom stereocenters. The summed E-state index contributed by atoms with van der Waals surface area (Å²) in [5.74, 6) is 0.604. The Morgan fingerprint density at radius 1 is 1.44 bits per heavy atom. The smallest absolute Gasteiger partial charge is 0.410 e. The lowest BCUT2D eigenvalue weighted by Crippen LogP contribution is -2.41. The molecule has 2 saturated heterocycles. The van der Waals surface area contributed by atoms with E-state index in [9.17, 15) is 4.79 Å². The molecular formula is C12H22N2O2. The van der Waals surface area contributed by atoms with Crippen LogP contribution in [0.4, 0.5) is 4.79 Å². The number of nitrogens with zero attached hydrogens (tertiary/aromatic N) is 1. The molecule has 2 heterocycles. The van der Waals surface area contributed by atoms with E-state index < -0.39 is 5.60 Å². The molecular weight excluding hydrogens is 204 g/mol. The topological polar surface area (TPSA) is 41.6 Å². The van der Waals surface area contributed by atoms with Crippen LogP contribution in [0.25, 0.3) is 0 Å². The second kappa shape index (κ2) is 3.91. The zero-order valence-corrected chi connectivity index (χ0v) is 10.6. The highest BCUT2D eigenvalue weighted by Gasteiger charge is 2.44. The lowest BCUT2D eigenvalue weighted by Gasteiger charge is -2.28. The van der Waals surface area contributed by atoms with Gasteiger partial charge in [-0.25, -0.2) is 4.79 Å². The Balaban J connectivity index is 1.99. The highest BCUT2D eigenvalue weighted by atomic mass is 16.6. The third kappa shape index (κ3) is 2.17. The maximum atomic E-state index is 12.0. The van der Waals surface area contributed by atoms with Crippen LogP contribution in [0.3, 0.4) is 0 Å². The first-order valence-electron chi connectivity index (χ1n) is 6.11. The van der Waals surface area contributed by atoms with Crippen molar-refractivity contribution < 1.29 is 9.53 Å². The number of ether oxygens (including phenoxy) is 1. The Bertz CT molecular complexity index is 285. The fourth-order valence-electron chi connectivity index (χ4n) is 2.74. The van der Waals surface area contributed by atoms with E-state index in [1.807, 2.05) is 25.7 Å². The molecule has 2 aliphatic heterocycles. The average Bonchev–Trinajstić information content (AvgIpc) is 2.66. The number of carbonyl (C=O) groups is 1. The van der Waals surface area contributed by atoms with Crippen molar-refractivity contribution in [1.29, 1.82) is 0 Å². The molecule has 2 fully saturated rings. The monoisotopic (exact) mass is 226 g/mol. The van der Waals surface area contributed by atoms with E-state index >= 15 is 0 Å². The first kappa shape index (κ1) is 11.7. The molecule has 4 nitrogen and oxygen atoms in total. The third-order valence-electron chi connectivity index (χ3n) is 3.53. The molecule has 1 amide bonds. The van der Waals surface area contributed by atoms with Gasteiger partial charge in [0.15, 0.2) is 0 Å². The van der Waals surface area contributed by atoms with Crippen LogP contribution in [0, 0.1) is 5.92 Å². The van der Waals surface area contributed by atoms with E-state index in [-0.39, 0.29) is 6.09 Å². The molecule has 92 valence electrons. The van der Waals surface area contributed by atoms with Gasteiger partial charge in [-0.05, 0) is 46.6 Å². The zero-order valence-electron chi connectivity index (χ0n) is 10.6. The quantitative estimate of drug-likeness (QED) is 0.682. The van der Waals surface area contributed by atoms with E-state index in [1.54, 1.807) is 0 Å². The zero-order chi connectivity index (χ0) is 11.9. The average molecular weight is 226 g/mol.